The summed E-state index contributed by atoms with van der Waals surface area (Å²) in [6.45, 7) is 2.53. The maximum atomic E-state index is 14.3. The molecule has 4 rings (SSSR count). The van der Waals surface area contributed by atoms with E-state index in [1.165, 1.54) is 6.07 Å². The van der Waals surface area contributed by atoms with Crippen molar-refractivity contribution < 1.29 is 26.8 Å². The van der Waals surface area contributed by atoms with Crippen LogP contribution in [-0.4, -0.2) is 44.9 Å². The molecule has 1 amide bonds. The van der Waals surface area contributed by atoms with E-state index in [1.54, 1.807) is 6.92 Å². The minimum Gasteiger partial charge on any atom is -0.459 e. The Hall–Kier alpha value is -2.75. The number of fused-ring (bicyclic) bond motifs is 1. The number of furan rings is 1. The lowest BCUT2D eigenvalue weighted by molar-refractivity contribution is 0.0729. The van der Waals surface area contributed by atoms with Crippen LogP contribution in [0.2, 0.25) is 0 Å². The molecule has 9 heteroatoms. The molecule has 0 aliphatic carbocycles. The molecule has 0 spiro atoms. The van der Waals surface area contributed by atoms with E-state index >= 15 is 0 Å². The van der Waals surface area contributed by atoms with Crippen LogP contribution in [-0.2, 0) is 14.8 Å². The van der Waals surface area contributed by atoms with E-state index in [9.17, 15) is 17.6 Å². The second-order valence-corrected chi connectivity index (χ2v) is 8.95. The van der Waals surface area contributed by atoms with Crippen molar-refractivity contribution in [2.24, 2.45) is 0 Å². The van der Waals surface area contributed by atoms with Crippen molar-refractivity contribution in [1.82, 2.24) is 9.62 Å². The smallest absolute Gasteiger partial charge is 0.251 e. The van der Waals surface area contributed by atoms with Crippen LogP contribution >= 0.6 is 0 Å². The van der Waals surface area contributed by atoms with Gasteiger partial charge in [0.25, 0.3) is 5.91 Å². The molecule has 7 nitrogen and oxygen atoms in total. The second-order valence-electron chi connectivity index (χ2n) is 7.04. The standard InChI is InChI=1S/C21H21FN2O5S/c1-14(19-12-15-4-2-3-5-18(15)29-19)23-21(25)16-6-7-17(22)20(13-16)30(26,27)24-8-10-28-11-9-24/h2-7,12-14H,8-11H2,1H3,(H,23,25). The molecule has 1 fully saturated rings. The molecule has 1 aliphatic heterocycles. The predicted octanol–water partition coefficient (Wildman–Crippen LogP) is 3.08. The molecule has 1 aromatic heterocycles. The number of halogens is 1. The molecule has 1 saturated heterocycles. The molecule has 2 aromatic carbocycles. The molecule has 0 radical (unpaired) electrons. The first kappa shape index (κ1) is 20.5. The summed E-state index contributed by atoms with van der Waals surface area (Å²) in [5, 5.41) is 3.68. The van der Waals surface area contributed by atoms with Crippen LogP contribution in [0.4, 0.5) is 4.39 Å². The zero-order valence-corrected chi connectivity index (χ0v) is 17.1. The van der Waals surface area contributed by atoms with Gasteiger partial charge in [-0.2, -0.15) is 4.31 Å². The van der Waals surface area contributed by atoms with Gasteiger partial charge in [0, 0.05) is 24.0 Å². The number of para-hydroxylation sites is 1. The summed E-state index contributed by atoms with van der Waals surface area (Å²) in [6.07, 6.45) is 0. The number of hydrogen-bond donors (Lipinski definition) is 1. The van der Waals surface area contributed by atoms with Crippen molar-refractivity contribution in [1.29, 1.82) is 0 Å². The normalized spacial score (nSPS) is 16.5. The van der Waals surface area contributed by atoms with Gasteiger partial charge in [0.2, 0.25) is 10.0 Å². The van der Waals surface area contributed by atoms with Crippen LogP contribution < -0.4 is 5.32 Å². The number of rotatable bonds is 5. The lowest BCUT2D eigenvalue weighted by Gasteiger charge is -2.26. The third-order valence-corrected chi connectivity index (χ3v) is 6.91. The van der Waals surface area contributed by atoms with E-state index in [-0.39, 0.29) is 31.9 Å². The van der Waals surface area contributed by atoms with Crippen molar-refractivity contribution in [2.75, 3.05) is 26.3 Å². The van der Waals surface area contributed by atoms with Crippen LogP contribution in [0.5, 0.6) is 0 Å². The summed E-state index contributed by atoms with van der Waals surface area (Å²) in [5.74, 6) is -0.863. The number of benzene rings is 2. The fourth-order valence-electron chi connectivity index (χ4n) is 3.34. The van der Waals surface area contributed by atoms with E-state index in [1.807, 2.05) is 30.3 Å². The number of carbonyl (C=O) groups excluding carboxylic acids is 1. The molecular weight excluding hydrogens is 411 g/mol. The summed E-state index contributed by atoms with van der Waals surface area (Å²) >= 11 is 0. The van der Waals surface area contributed by atoms with Crippen LogP contribution in [0.3, 0.4) is 0 Å². The number of ether oxygens (including phenoxy) is 1. The third-order valence-electron chi connectivity index (χ3n) is 5.00. The Balaban J connectivity index is 1.56. The highest BCUT2D eigenvalue weighted by Crippen LogP contribution is 2.25. The Morgan fingerprint density at radius 2 is 1.87 bits per heavy atom. The second kappa shape index (κ2) is 8.17. The molecule has 30 heavy (non-hydrogen) atoms. The van der Waals surface area contributed by atoms with Gasteiger partial charge in [-0.1, -0.05) is 18.2 Å². The molecule has 1 aliphatic rings. The molecule has 1 unspecified atom stereocenters. The lowest BCUT2D eigenvalue weighted by Crippen LogP contribution is -2.41. The van der Waals surface area contributed by atoms with E-state index in [2.05, 4.69) is 5.32 Å². The van der Waals surface area contributed by atoms with Crippen molar-refractivity contribution >= 4 is 26.9 Å². The lowest BCUT2D eigenvalue weighted by atomic mass is 10.1. The van der Waals surface area contributed by atoms with Gasteiger partial charge in [0.1, 0.15) is 22.1 Å². The van der Waals surface area contributed by atoms with Crippen LogP contribution in [0.1, 0.15) is 29.1 Å². The van der Waals surface area contributed by atoms with E-state index < -0.39 is 32.7 Å². The molecule has 0 saturated carbocycles. The highest BCUT2D eigenvalue weighted by atomic mass is 32.2. The number of hydrogen-bond acceptors (Lipinski definition) is 5. The predicted molar refractivity (Wildman–Crippen MR) is 108 cm³/mol. The quantitative estimate of drug-likeness (QED) is 0.669. The molecule has 0 bridgehead atoms. The fourth-order valence-corrected chi connectivity index (χ4v) is 4.83. The van der Waals surface area contributed by atoms with Gasteiger partial charge < -0.3 is 14.5 Å². The van der Waals surface area contributed by atoms with Crippen molar-refractivity contribution in [3.05, 3.63) is 65.7 Å². The van der Waals surface area contributed by atoms with Crippen molar-refractivity contribution in [2.45, 2.75) is 17.9 Å². The highest BCUT2D eigenvalue weighted by Gasteiger charge is 2.30. The van der Waals surface area contributed by atoms with Gasteiger partial charge in [-0.3, -0.25) is 4.79 Å². The Morgan fingerprint density at radius 3 is 2.60 bits per heavy atom. The maximum absolute atomic E-state index is 14.3. The molecule has 2 heterocycles. The molecule has 158 valence electrons. The Kier molecular flexibility index (Phi) is 5.59. The fraction of sp³-hybridized carbons (Fsp3) is 0.286. The molecular formula is C21H21FN2O5S. The summed E-state index contributed by atoms with van der Waals surface area (Å²) in [5.41, 5.74) is 0.750. The zero-order valence-electron chi connectivity index (χ0n) is 16.3. The number of amides is 1. The first-order valence-corrected chi connectivity index (χ1v) is 11.0. The summed E-state index contributed by atoms with van der Waals surface area (Å²) in [6, 6.07) is 12.2. The van der Waals surface area contributed by atoms with Gasteiger partial charge in [-0.25, -0.2) is 12.8 Å². The van der Waals surface area contributed by atoms with E-state index in [0.29, 0.717) is 11.3 Å². The Bertz CT molecular complexity index is 1150. The molecule has 3 aromatic rings. The first-order valence-electron chi connectivity index (χ1n) is 9.53. The van der Waals surface area contributed by atoms with Crippen LogP contribution in [0.15, 0.2) is 57.8 Å². The number of carbonyl (C=O) groups is 1. The maximum Gasteiger partial charge on any atom is 0.251 e. The van der Waals surface area contributed by atoms with Gasteiger partial charge in [0.15, 0.2) is 0 Å². The largest absolute Gasteiger partial charge is 0.459 e. The minimum absolute atomic E-state index is 0.0474. The first-order chi connectivity index (χ1) is 14.4. The monoisotopic (exact) mass is 432 g/mol. The number of sulfonamides is 1. The zero-order chi connectivity index (χ0) is 21.3. The highest BCUT2D eigenvalue weighted by molar-refractivity contribution is 7.89. The van der Waals surface area contributed by atoms with E-state index in [4.69, 9.17) is 9.15 Å². The van der Waals surface area contributed by atoms with Gasteiger partial charge >= 0.3 is 0 Å². The number of nitrogens with one attached hydrogen (secondary N) is 1. The summed E-state index contributed by atoms with van der Waals surface area (Å²) in [7, 11) is -4.07. The third kappa shape index (κ3) is 3.96. The SMILES string of the molecule is CC(NC(=O)c1ccc(F)c(S(=O)(=O)N2CCOCC2)c1)c1cc2ccccc2o1. The van der Waals surface area contributed by atoms with Crippen LogP contribution in [0.25, 0.3) is 11.0 Å². The Morgan fingerprint density at radius 1 is 1.13 bits per heavy atom. The van der Waals surface area contributed by atoms with Crippen LogP contribution in [0, 0.1) is 5.82 Å². The average Bonchev–Trinajstić information content (AvgIpc) is 3.19. The molecule has 1 N–H and O–H groups in total. The number of morpholine rings is 1. The topological polar surface area (TPSA) is 88.9 Å². The van der Waals surface area contributed by atoms with Crippen molar-refractivity contribution in [3.63, 3.8) is 0 Å². The van der Waals surface area contributed by atoms with Gasteiger partial charge in [0.05, 0.1) is 19.3 Å². The van der Waals surface area contributed by atoms with Crippen molar-refractivity contribution in [3.8, 4) is 0 Å². The summed E-state index contributed by atoms with van der Waals surface area (Å²) in [4.78, 5) is 12.2. The van der Waals surface area contributed by atoms with Gasteiger partial charge in [-0.15, -0.1) is 0 Å². The Labute approximate surface area is 173 Å². The van der Waals surface area contributed by atoms with Gasteiger partial charge in [-0.05, 0) is 37.3 Å². The van der Waals surface area contributed by atoms with E-state index in [0.717, 1.165) is 21.8 Å². The molecule has 1 atom stereocenters. The summed E-state index contributed by atoms with van der Waals surface area (Å²) < 4.78 is 52.0. The number of nitrogens with zero attached hydrogens (tertiary/aromatic N) is 1. The average molecular weight is 432 g/mol. The minimum atomic E-state index is -4.07.